The molecule has 6 nitrogen and oxygen atoms in total. The van der Waals surface area contributed by atoms with E-state index in [1.807, 2.05) is 0 Å². The van der Waals surface area contributed by atoms with Gasteiger partial charge >= 0.3 is 17.9 Å². The summed E-state index contributed by atoms with van der Waals surface area (Å²) in [5, 5.41) is 0. The van der Waals surface area contributed by atoms with Crippen LogP contribution in [0, 0.1) is 0 Å². The zero-order chi connectivity index (χ0) is 59.2. The van der Waals surface area contributed by atoms with Crippen molar-refractivity contribution in [3.8, 4) is 0 Å². The maximum Gasteiger partial charge on any atom is 0.306 e. The number of hydrogen-bond acceptors (Lipinski definition) is 6. The minimum Gasteiger partial charge on any atom is -0.462 e. The van der Waals surface area contributed by atoms with Gasteiger partial charge in [-0.25, -0.2) is 0 Å². The van der Waals surface area contributed by atoms with Crippen molar-refractivity contribution in [1.29, 1.82) is 0 Å². The first kappa shape index (κ1) is 77.5. The Hall–Kier alpha value is -4.45. The highest BCUT2D eigenvalue weighted by Gasteiger charge is 2.19. The van der Waals surface area contributed by atoms with E-state index < -0.39 is 6.10 Å². The van der Waals surface area contributed by atoms with Gasteiger partial charge in [-0.1, -0.05) is 296 Å². The van der Waals surface area contributed by atoms with Gasteiger partial charge in [0.15, 0.2) is 6.10 Å². The summed E-state index contributed by atoms with van der Waals surface area (Å²) in [6, 6.07) is 0. The summed E-state index contributed by atoms with van der Waals surface area (Å²) < 4.78 is 16.9. The predicted octanol–water partition coefficient (Wildman–Crippen LogP) is 23.7. The SMILES string of the molecule is CC/C=C\C/C=C\C/C=C\C/C=C\C/C=C\CCCCCCCCCCCCCCCCCC(=O)OCC(COC(=O)CCCCCCC/C=C\CCCCCCCCC)OC(=O)CCC/C=C\C/C=C\C/C=C\C/C=C\C/C=C\CC. The summed E-state index contributed by atoms with van der Waals surface area (Å²) >= 11 is 0. The van der Waals surface area contributed by atoms with Crippen LogP contribution in [0.4, 0.5) is 0 Å². The molecule has 0 aliphatic heterocycles. The van der Waals surface area contributed by atoms with Crippen LogP contribution in [0.25, 0.3) is 0 Å². The average molecular weight is 1140 g/mol. The zero-order valence-corrected chi connectivity index (χ0v) is 53.5. The van der Waals surface area contributed by atoms with Crippen molar-refractivity contribution in [2.24, 2.45) is 0 Å². The Kier molecular flexibility index (Phi) is 65.3. The Morgan fingerprint density at radius 2 is 0.488 bits per heavy atom. The lowest BCUT2D eigenvalue weighted by atomic mass is 10.0. The Morgan fingerprint density at radius 1 is 0.256 bits per heavy atom. The van der Waals surface area contributed by atoms with E-state index in [-0.39, 0.29) is 37.5 Å². The molecule has 1 unspecified atom stereocenters. The lowest BCUT2D eigenvalue weighted by molar-refractivity contribution is -0.167. The second-order valence-electron chi connectivity index (χ2n) is 22.3. The van der Waals surface area contributed by atoms with Crippen LogP contribution in [0.2, 0.25) is 0 Å². The minimum atomic E-state index is -0.816. The molecule has 0 saturated heterocycles. The zero-order valence-electron chi connectivity index (χ0n) is 53.5. The van der Waals surface area contributed by atoms with Gasteiger partial charge in [0.2, 0.25) is 0 Å². The molecule has 0 spiro atoms. The molecule has 0 aliphatic rings. The van der Waals surface area contributed by atoms with Crippen LogP contribution in [0.15, 0.2) is 134 Å². The molecule has 82 heavy (non-hydrogen) atoms. The molecule has 1 atom stereocenters. The second-order valence-corrected chi connectivity index (χ2v) is 22.3. The number of esters is 3. The van der Waals surface area contributed by atoms with E-state index in [0.29, 0.717) is 19.3 Å². The quantitative estimate of drug-likeness (QED) is 0.0261. The molecule has 0 fully saturated rings. The smallest absolute Gasteiger partial charge is 0.306 e. The van der Waals surface area contributed by atoms with Gasteiger partial charge in [0, 0.05) is 19.3 Å². The average Bonchev–Trinajstić information content (AvgIpc) is 3.48. The van der Waals surface area contributed by atoms with Crippen LogP contribution in [-0.2, 0) is 28.6 Å². The van der Waals surface area contributed by atoms with Crippen molar-refractivity contribution < 1.29 is 28.6 Å². The molecular formula is C76H126O6. The van der Waals surface area contributed by atoms with Crippen molar-refractivity contribution in [2.75, 3.05) is 13.2 Å². The summed E-state index contributed by atoms with van der Waals surface area (Å²) in [4.78, 5) is 38.4. The third kappa shape index (κ3) is 66.4. The van der Waals surface area contributed by atoms with E-state index in [9.17, 15) is 14.4 Å². The molecule has 466 valence electrons. The second kappa shape index (κ2) is 69.0. The van der Waals surface area contributed by atoms with E-state index in [0.717, 1.165) is 122 Å². The lowest BCUT2D eigenvalue weighted by Gasteiger charge is -2.18. The van der Waals surface area contributed by atoms with Crippen LogP contribution in [0.1, 0.15) is 310 Å². The molecule has 0 heterocycles. The fraction of sp³-hybridized carbons (Fsp3) is 0.671. The standard InChI is InChI=1S/C76H126O6/c1-4-7-10-13-16-19-22-25-28-31-32-33-34-35-36-37-38-39-40-41-42-43-44-46-48-51-54-57-60-63-66-69-75(78)81-72-73(71-80-74(77)68-65-62-59-56-53-50-47-30-27-24-21-18-15-12-9-6-3)82-76(79)70-67-64-61-58-55-52-49-45-29-26-23-20-17-14-11-8-5-2/h7-8,10-11,16-17,19-20,25-26,28-30,32-33,35-36,47,49,52,58,61,73H,4-6,9,12-15,18,21-24,27,31,34,37-46,48,50-51,53-57,59-60,62-72H2,1-3H3/b10-7-,11-8-,19-16-,20-17-,28-25-,29-26-,33-32-,36-35-,47-30-,52-49-,61-58-. The van der Waals surface area contributed by atoms with Gasteiger partial charge in [0.05, 0.1) is 0 Å². The number of carbonyl (C=O) groups excluding carboxylic acids is 3. The van der Waals surface area contributed by atoms with Crippen LogP contribution < -0.4 is 0 Å². The Morgan fingerprint density at radius 3 is 0.793 bits per heavy atom. The molecule has 0 aromatic carbocycles. The number of rotatable bonds is 61. The Balaban J connectivity index is 4.32. The number of unbranched alkanes of at least 4 members (excludes halogenated alkanes) is 28. The number of allylic oxidation sites excluding steroid dienone is 22. The Bertz CT molecular complexity index is 1730. The number of ether oxygens (including phenoxy) is 3. The molecule has 0 aromatic rings. The molecule has 0 N–H and O–H groups in total. The maximum absolute atomic E-state index is 12.9. The molecular weight excluding hydrogens is 1010 g/mol. The minimum absolute atomic E-state index is 0.105. The van der Waals surface area contributed by atoms with E-state index in [1.54, 1.807) is 0 Å². The van der Waals surface area contributed by atoms with Crippen molar-refractivity contribution >= 4 is 17.9 Å². The van der Waals surface area contributed by atoms with Gasteiger partial charge in [-0.2, -0.15) is 0 Å². The van der Waals surface area contributed by atoms with Gasteiger partial charge < -0.3 is 14.2 Å². The topological polar surface area (TPSA) is 78.9 Å². The van der Waals surface area contributed by atoms with Gasteiger partial charge in [0.1, 0.15) is 13.2 Å². The fourth-order valence-corrected chi connectivity index (χ4v) is 9.32. The van der Waals surface area contributed by atoms with Gasteiger partial charge in [-0.15, -0.1) is 0 Å². The summed E-state index contributed by atoms with van der Waals surface area (Å²) in [5.41, 5.74) is 0. The van der Waals surface area contributed by atoms with E-state index in [1.165, 1.54) is 141 Å². The van der Waals surface area contributed by atoms with Crippen molar-refractivity contribution in [3.05, 3.63) is 134 Å². The third-order valence-corrected chi connectivity index (χ3v) is 14.4. The maximum atomic E-state index is 12.9. The molecule has 0 aromatic heterocycles. The third-order valence-electron chi connectivity index (χ3n) is 14.4. The summed E-state index contributed by atoms with van der Waals surface area (Å²) in [5.74, 6) is -0.965. The van der Waals surface area contributed by atoms with Crippen LogP contribution >= 0.6 is 0 Å². The number of hydrogen-bond donors (Lipinski definition) is 0. The normalized spacial score (nSPS) is 13.0. The van der Waals surface area contributed by atoms with Gasteiger partial charge in [-0.3, -0.25) is 14.4 Å². The van der Waals surface area contributed by atoms with Crippen LogP contribution in [0.3, 0.4) is 0 Å². The van der Waals surface area contributed by atoms with Crippen molar-refractivity contribution in [2.45, 2.75) is 316 Å². The highest BCUT2D eigenvalue weighted by Crippen LogP contribution is 2.16. The first-order chi connectivity index (χ1) is 40.5. The highest BCUT2D eigenvalue weighted by atomic mass is 16.6. The summed E-state index contributed by atoms with van der Waals surface area (Å²) in [6.45, 7) is 6.38. The van der Waals surface area contributed by atoms with E-state index in [4.69, 9.17) is 14.2 Å². The first-order valence-corrected chi connectivity index (χ1v) is 34.2. The van der Waals surface area contributed by atoms with Gasteiger partial charge in [-0.05, 0) is 128 Å². The monoisotopic (exact) mass is 1130 g/mol. The molecule has 0 bridgehead atoms. The van der Waals surface area contributed by atoms with E-state index >= 15 is 0 Å². The highest BCUT2D eigenvalue weighted by molar-refractivity contribution is 5.71. The van der Waals surface area contributed by atoms with Crippen LogP contribution in [-0.4, -0.2) is 37.2 Å². The van der Waals surface area contributed by atoms with Gasteiger partial charge in [0.25, 0.3) is 0 Å². The van der Waals surface area contributed by atoms with Crippen molar-refractivity contribution in [1.82, 2.24) is 0 Å². The van der Waals surface area contributed by atoms with E-state index in [2.05, 4.69) is 154 Å². The molecule has 0 amide bonds. The fourth-order valence-electron chi connectivity index (χ4n) is 9.32. The van der Waals surface area contributed by atoms with Crippen molar-refractivity contribution in [3.63, 3.8) is 0 Å². The lowest BCUT2D eigenvalue weighted by Crippen LogP contribution is -2.30. The molecule has 0 radical (unpaired) electrons. The molecule has 0 rings (SSSR count). The number of carbonyl (C=O) groups is 3. The van der Waals surface area contributed by atoms with Crippen LogP contribution in [0.5, 0.6) is 0 Å². The summed E-state index contributed by atoms with van der Waals surface area (Å²) in [7, 11) is 0. The molecule has 0 saturated carbocycles. The first-order valence-electron chi connectivity index (χ1n) is 34.2. The largest absolute Gasteiger partial charge is 0.462 e. The summed E-state index contributed by atoms with van der Waals surface area (Å²) in [6.07, 6.45) is 97.7. The Labute approximate surface area is 506 Å². The molecule has 0 aliphatic carbocycles. The predicted molar refractivity (Wildman–Crippen MR) is 357 cm³/mol. The molecule has 6 heteroatoms.